The van der Waals surface area contributed by atoms with Crippen molar-refractivity contribution < 1.29 is 9.53 Å². The van der Waals surface area contributed by atoms with Crippen LogP contribution in [0, 0.1) is 0 Å². The molecule has 5 nitrogen and oxygen atoms in total. The van der Waals surface area contributed by atoms with E-state index in [1.165, 1.54) is 10.6 Å². The first-order chi connectivity index (χ1) is 11.2. The van der Waals surface area contributed by atoms with Gasteiger partial charge in [-0.25, -0.2) is 0 Å². The van der Waals surface area contributed by atoms with Gasteiger partial charge in [0.05, 0.1) is 12.7 Å². The molecule has 23 heavy (non-hydrogen) atoms. The molecule has 5 heteroatoms. The van der Waals surface area contributed by atoms with Gasteiger partial charge in [-0.2, -0.15) is 0 Å². The maximum atomic E-state index is 12.3. The van der Waals surface area contributed by atoms with Crippen molar-refractivity contribution in [1.29, 1.82) is 0 Å². The van der Waals surface area contributed by atoms with Gasteiger partial charge in [-0.15, -0.1) is 0 Å². The Morgan fingerprint density at radius 2 is 1.83 bits per heavy atom. The number of nitrogens with one attached hydrogen (secondary N) is 1. The minimum Gasteiger partial charge on any atom is -0.497 e. The van der Waals surface area contributed by atoms with Crippen LogP contribution < -0.4 is 15.6 Å². The molecule has 1 heterocycles. The fourth-order valence-electron chi connectivity index (χ4n) is 2.90. The number of nitrogens with zero attached hydrogens (tertiary/aromatic N) is 1. The first-order valence-electron chi connectivity index (χ1n) is 7.85. The predicted molar refractivity (Wildman–Crippen MR) is 88.3 cm³/mol. The van der Waals surface area contributed by atoms with Crippen LogP contribution in [0.15, 0.2) is 47.4 Å². The maximum absolute atomic E-state index is 12.3. The molecule has 1 N–H and O–H groups in total. The molecular formula is C18H20N2O3. The second-order valence-corrected chi connectivity index (χ2v) is 5.78. The lowest BCUT2D eigenvalue weighted by Gasteiger charge is -2.13. The largest absolute Gasteiger partial charge is 0.497 e. The standard InChI is InChI=1S/C18H20N2O3/c1-23-16-9-7-15(8-10-16)20-12-13(6-11-17(20)21)18(22)19-14-4-2-3-5-14/h6-12,14H,2-5H2,1H3,(H,19,22). The molecule has 1 aromatic carbocycles. The van der Waals surface area contributed by atoms with Crippen molar-refractivity contribution in [2.45, 2.75) is 31.7 Å². The fraction of sp³-hybridized carbons (Fsp3) is 0.333. The Kier molecular flexibility index (Phi) is 4.46. The van der Waals surface area contributed by atoms with Gasteiger partial charge in [0.2, 0.25) is 0 Å². The van der Waals surface area contributed by atoms with Crippen molar-refractivity contribution in [3.8, 4) is 11.4 Å². The number of hydrogen-bond donors (Lipinski definition) is 1. The van der Waals surface area contributed by atoms with E-state index in [0.29, 0.717) is 11.3 Å². The van der Waals surface area contributed by atoms with Gasteiger partial charge < -0.3 is 10.1 Å². The molecule has 1 aliphatic carbocycles. The van der Waals surface area contributed by atoms with E-state index in [9.17, 15) is 9.59 Å². The molecule has 0 bridgehead atoms. The number of aromatic nitrogens is 1. The SMILES string of the molecule is COc1ccc(-n2cc(C(=O)NC3CCCC3)ccc2=O)cc1. The van der Waals surface area contributed by atoms with Crippen molar-refractivity contribution in [1.82, 2.24) is 9.88 Å². The lowest BCUT2D eigenvalue weighted by atomic mass is 10.2. The van der Waals surface area contributed by atoms with Crippen molar-refractivity contribution in [3.63, 3.8) is 0 Å². The minimum absolute atomic E-state index is 0.126. The molecule has 1 saturated carbocycles. The monoisotopic (exact) mass is 312 g/mol. The highest BCUT2D eigenvalue weighted by Crippen LogP contribution is 2.18. The van der Waals surface area contributed by atoms with Gasteiger partial charge in [-0.05, 0) is 43.2 Å². The third-order valence-corrected chi connectivity index (χ3v) is 4.21. The van der Waals surface area contributed by atoms with E-state index in [1.54, 1.807) is 43.6 Å². The van der Waals surface area contributed by atoms with E-state index < -0.39 is 0 Å². The van der Waals surface area contributed by atoms with Crippen LogP contribution in [0.4, 0.5) is 0 Å². The van der Waals surface area contributed by atoms with Crippen LogP contribution in [0.1, 0.15) is 36.0 Å². The zero-order chi connectivity index (χ0) is 16.2. The summed E-state index contributed by atoms with van der Waals surface area (Å²) in [5.74, 6) is 0.594. The molecule has 2 aromatic rings. The number of hydrogen-bond acceptors (Lipinski definition) is 3. The van der Waals surface area contributed by atoms with Gasteiger partial charge in [0.25, 0.3) is 11.5 Å². The lowest BCUT2D eigenvalue weighted by Crippen LogP contribution is -2.33. The van der Waals surface area contributed by atoms with Crippen LogP contribution in [0.2, 0.25) is 0 Å². The van der Waals surface area contributed by atoms with Gasteiger partial charge in [-0.1, -0.05) is 12.8 Å². The van der Waals surface area contributed by atoms with Crippen LogP contribution in [0.5, 0.6) is 5.75 Å². The molecule has 1 fully saturated rings. The quantitative estimate of drug-likeness (QED) is 0.943. The Labute approximate surface area is 134 Å². The minimum atomic E-state index is -0.174. The molecule has 1 aliphatic rings. The van der Waals surface area contributed by atoms with Gasteiger partial charge in [0.1, 0.15) is 5.75 Å². The summed E-state index contributed by atoms with van der Waals surface area (Å²) in [4.78, 5) is 24.4. The number of methoxy groups -OCH3 is 1. The molecule has 0 spiro atoms. The highest BCUT2D eigenvalue weighted by atomic mass is 16.5. The Bertz CT molecular complexity index is 744. The topological polar surface area (TPSA) is 60.3 Å². The van der Waals surface area contributed by atoms with Crippen molar-refractivity contribution >= 4 is 5.91 Å². The van der Waals surface area contributed by atoms with E-state index >= 15 is 0 Å². The molecule has 0 unspecified atom stereocenters. The summed E-state index contributed by atoms with van der Waals surface area (Å²) in [6, 6.07) is 10.4. The summed E-state index contributed by atoms with van der Waals surface area (Å²) in [6.07, 6.45) is 5.98. The van der Waals surface area contributed by atoms with Crippen molar-refractivity contribution in [2.24, 2.45) is 0 Å². The molecule has 0 atom stereocenters. The summed E-state index contributed by atoms with van der Waals surface area (Å²) in [5.41, 5.74) is 1.02. The fourth-order valence-corrected chi connectivity index (χ4v) is 2.90. The number of benzene rings is 1. The van der Waals surface area contributed by atoms with Gasteiger partial charge in [0.15, 0.2) is 0 Å². The van der Waals surface area contributed by atoms with Gasteiger partial charge in [-0.3, -0.25) is 14.2 Å². The van der Waals surface area contributed by atoms with E-state index in [1.807, 2.05) is 0 Å². The van der Waals surface area contributed by atoms with Crippen LogP contribution >= 0.6 is 0 Å². The average Bonchev–Trinajstić information content (AvgIpc) is 3.08. The van der Waals surface area contributed by atoms with Crippen molar-refractivity contribution in [3.05, 3.63) is 58.5 Å². The Morgan fingerprint density at radius 3 is 2.48 bits per heavy atom. The third-order valence-electron chi connectivity index (χ3n) is 4.21. The Morgan fingerprint density at radius 1 is 1.13 bits per heavy atom. The summed E-state index contributed by atoms with van der Waals surface area (Å²) in [7, 11) is 1.59. The summed E-state index contributed by atoms with van der Waals surface area (Å²) in [5, 5.41) is 3.04. The Balaban J connectivity index is 1.85. The first-order valence-corrected chi connectivity index (χ1v) is 7.85. The highest BCUT2D eigenvalue weighted by molar-refractivity contribution is 5.94. The van der Waals surface area contributed by atoms with E-state index in [4.69, 9.17) is 4.74 Å². The molecular weight excluding hydrogens is 292 g/mol. The molecule has 0 saturated heterocycles. The zero-order valence-corrected chi connectivity index (χ0v) is 13.1. The first kappa shape index (κ1) is 15.3. The second kappa shape index (κ2) is 6.69. The Hall–Kier alpha value is -2.56. The number of pyridine rings is 1. The van der Waals surface area contributed by atoms with Gasteiger partial charge in [0, 0.05) is 24.0 Å². The molecule has 0 aliphatic heterocycles. The average molecular weight is 312 g/mol. The van der Waals surface area contributed by atoms with Crippen LogP contribution in [0.3, 0.4) is 0 Å². The van der Waals surface area contributed by atoms with Crippen molar-refractivity contribution in [2.75, 3.05) is 7.11 Å². The number of rotatable bonds is 4. The summed E-state index contributed by atoms with van der Waals surface area (Å²) in [6.45, 7) is 0. The van der Waals surface area contributed by atoms with E-state index in [2.05, 4.69) is 5.32 Å². The number of carbonyl (C=O) groups is 1. The van der Waals surface area contributed by atoms with Gasteiger partial charge >= 0.3 is 0 Å². The predicted octanol–water partition coefficient (Wildman–Crippen LogP) is 2.52. The smallest absolute Gasteiger partial charge is 0.255 e. The van der Waals surface area contributed by atoms with E-state index in [-0.39, 0.29) is 17.5 Å². The number of ether oxygens (including phenoxy) is 1. The molecule has 1 amide bonds. The molecule has 120 valence electrons. The molecule has 0 radical (unpaired) electrons. The van der Waals surface area contributed by atoms with Crippen LogP contribution in [-0.2, 0) is 0 Å². The molecule has 1 aromatic heterocycles. The summed E-state index contributed by atoms with van der Waals surface area (Å²) >= 11 is 0. The lowest BCUT2D eigenvalue weighted by molar-refractivity contribution is 0.0937. The highest BCUT2D eigenvalue weighted by Gasteiger charge is 2.18. The van der Waals surface area contributed by atoms with E-state index in [0.717, 1.165) is 31.4 Å². The number of amides is 1. The van der Waals surface area contributed by atoms with Crippen LogP contribution in [-0.4, -0.2) is 23.6 Å². The zero-order valence-electron chi connectivity index (χ0n) is 13.1. The summed E-state index contributed by atoms with van der Waals surface area (Å²) < 4.78 is 6.60. The maximum Gasteiger partial charge on any atom is 0.255 e. The number of carbonyl (C=O) groups excluding carboxylic acids is 1. The molecule has 3 rings (SSSR count). The van der Waals surface area contributed by atoms with Crippen LogP contribution in [0.25, 0.3) is 5.69 Å². The normalized spacial score (nSPS) is 14.7. The third kappa shape index (κ3) is 3.44. The second-order valence-electron chi connectivity index (χ2n) is 5.78.